The number of carbonyl (C=O) groups is 8. The standard InChI is InChI=1S/C38H30N4O10/c1-5-17(15-51-3)39-31(43)19-7-11-23-29-24(12-8-20(27(19)29)32(39)44)36(48)41(35(23)47)42-37(49)25-13-9-21-28-22(10-14-26(30(25)28)38(42)50)34(46)40(33(21)45)18(6-2)16-52-4/h7-14,17-18H,5-6,15-16H2,1-4H3. The summed E-state index contributed by atoms with van der Waals surface area (Å²) < 4.78 is 10.5. The van der Waals surface area contributed by atoms with Crippen LogP contribution in [0.25, 0.3) is 21.5 Å². The topological polar surface area (TPSA) is 168 Å². The van der Waals surface area contributed by atoms with E-state index in [1.165, 1.54) is 62.8 Å². The smallest absolute Gasteiger partial charge is 0.281 e. The number of imide groups is 4. The molecule has 4 aromatic carbocycles. The number of hydrogen-bond donors (Lipinski definition) is 0. The lowest BCUT2D eigenvalue weighted by atomic mass is 9.85. The van der Waals surface area contributed by atoms with Gasteiger partial charge in [-0.3, -0.25) is 48.2 Å². The molecule has 0 N–H and O–H groups in total. The summed E-state index contributed by atoms with van der Waals surface area (Å²) in [5, 5.41) is 1.33. The van der Waals surface area contributed by atoms with Gasteiger partial charge in [0.1, 0.15) is 0 Å². The molecule has 0 fully saturated rings. The van der Waals surface area contributed by atoms with Gasteiger partial charge < -0.3 is 9.47 Å². The fourth-order valence-electron chi connectivity index (χ4n) is 7.92. The fraction of sp³-hybridized carbons (Fsp3) is 0.263. The van der Waals surface area contributed by atoms with Crippen molar-refractivity contribution in [2.45, 2.75) is 38.8 Å². The van der Waals surface area contributed by atoms with Crippen molar-refractivity contribution >= 4 is 68.8 Å². The largest absolute Gasteiger partial charge is 0.383 e. The molecule has 0 aromatic heterocycles. The lowest BCUT2D eigenvalue weighted by molar-refractivity contribution is 0.00211. The number of amides is 8. The Bertz CT molecular complexity index is 2110. The molecule has 4 aromatic rings. The first-order valence-electron chi connectivity index (χ1n) is 16.7. The normalized spacial score (nSPS) is 17.7. The number of benzene rings is 4. The zero-order valence-electron chi connectivity index (χ0n) is 28.5. The van der Waals surface area contributed by atoms with Crippen LogP contribution in [0.4, 0.5) is 0 Å². The first kappa shape index (κ1) is 33.0. The molecule has 0 bridgehead atoms. The van der Waals surface area contributed by atoms with E-state index in [0.29, 0.717) is 22.9 Å². The number of rotatable bonds is 9. The van der Waals surface area contributed by atoms with E-state index in [1.54, 1.807) is 0 Å². The van der Waals surface area contributed by atoms with Crippen LogP contribution in [-0.2, 0) is 9.47 Å². The Morgan fingerprint density at radius 2 is 0.615 bits per heavy atom. The summed E-state index contributed by atoms with van der Waals surface area (Å²) in [5.74, 6) is -6.48. The maximum Gasteiger partial charge on any atom is 0.281 e. The Labute approximate surface area is 295 Å². The number of hydrogen-bond acceptors (Lipinski definition) is 10. The zero-order valence-corrected chi connectivity index (χ0v) is 28.5. The van der Waals surface area contributed by atoms with Gasteiger partial charge >= 0.3 is 0 Å². The van der Waals surface area contributed by atoms with Crippen molar-refractivity contribution in [3.63, 3.8) is 0 Å². The summed E-state index contributed by atoms with van der Waals surface area (Å²) in [6.45, 7) is 3.87. The third kappa shape index (κ3) is 4.12. The SMILES string of the molecule is CCC(COC)N1C(=O)c2ccc3c4c(ccc(c24)C1=O)C(=O)N(N1C(=O)c2ccc4c5c(ccc(c25)C1=O)C(=O)N(C(CC)COC)C4=O)C3=O. The maximum absolute atomic E-state index is 14.2. The van der Waals surface area contributed by atoms with E-state index in [1.807, 2.05) is 13.8 Å². The molecule has 262 valence electrons. The van der Waals surface area contributed by atoms with Crippen LogP contribution in [0, 0.1) is 0 Å². The molecule has 0 aliphatic carbocycles. The molecule has 14 nitrogen and oxygen atoms in total. The number of nitrogens with zero attached hydrogens (tertiary/aromatic N) is 4. The predicted octanol–water partition coefficient (Wildman–Crippen LogP) is 3.84. The Balaban J connectivity index is 1.22. The van der Waals surface area contributed by atoms with Gasteiger partial charge in [-0.15, -0.1) is 0 Å². The van der Waals surface area contributed by atoms with E-state index < -0.39 is 59.3 Å². The lowest BCUT2D eigenvalue weighted by Crippen LogP contribution is -2.58. The highest BCUT2D eigenvalue weighted by molar-refractivity contribution is 6.37. The van der Waals surface area contributed by atoms with Crippen molar-refractivity contribution in [1.82, 2.24) is 19.8 Å². The Hall–Kier alpha value is -6.12. The second kappa shape index (κ2) is 11.7. The minimum atomic E-state index is -1.02. The molecular weight excluding hydrogens is 672 g/mol. The predicted molar refractivity (Wildman–Crippen MR) is 182 cm³/mol. The maximum atomic E-state index is 14.2. The number of hydrazine groups is 1. The van der Waals surface area contributed by atoms with Crippen LogP contribution in [0.3, 0.4) is 0 Å². The van der Waals surface area contributed by atoms with Gasteiger partial charge in [-0.2, -0.15) is 10.0 Å². The average Bonchev–Trinajstić information content (AvgIpc) is 3.14. The molecule has 2 unspecified atom stereocenters. The summed E-state index contributed by atoms with van der Waals surface area (Å²) in [5.41, 5.74) is 0.0940. The van der Waals surface area contributed by atoms with E-state index in [4.69, 9.17) is 9.47 Å². The summed E-state index contributed by atoms with van der Waals surface area (Å²) in [7, 11) is 2.93. The van der Waals surface area contributed by atoms with E-state index in [2.05, 4.69) is 0 Å². The van der Waals surface area contributed by atoms with E-state index in [-0.39, 0.29) is 79.3 Å². The number of carbonyl (C=O) groups excluding carboxylic acids is 8. The van der Waals surface area contributed by atoms with Gasteiger partial charge in [-0.05, 0) is 61.4 Å². The number of ether oxygens (including phenoxy) is 2. The van der Waals surface area contributed by atoms with Crippen LogP contribution < -0.4 is 0 Å². The molecular formula is C38H30N4O10. The van der Waals surface area contributed by atoms with Crippen LogP contribution in [0.5, 0.6) is 0 Å². The lowest BCUT2D eigenvalue weighted by Gasteiger charge is -2.39. The quantitative estimate of drug-likeness (QED) is 0.234. The molecule has 2 atom stereocenters. The molecule has 4 aliphatic rings. The molecule has 0 radical (unpaired) electrons. The van der Waals surface area contributed by atoms with Gasteiger partial charge in [-0.25, -0.2) is 0 Å². The summed E-state index contributed by atoms with van der Waals surface area (Å²) in [4.78, 5) is 114. The molecule has 14 heteroatoms. The molecule has 4 aliphatic heterocycles. The summed E-state index contributed by atoms with van der Waals surface area (Å²) in [6, 6.07) is 9.81. The highest BCUT2D eigenvalue weighted by atomic mass is 16.5. The molecule has 0 saturated heterocycles. The van der Waals surface area contributed by atoms with Crippen LogP contribution in [0.2, 0.25) is 0 Å². The Morgan fingerprint density at radius 3 is 0.808 bits per heavy atom. The van der Waals surface area contributed by atoms with Crippen molar-refractivity contribution in [2.24, 2.45) is 0 Å². The molecule has 0 saturated carbocycles. The summed E-state index contributed by atoms with van der Waals surface area (Å²) >= 11 is 0. The minimum absolute atomic E-state index is 0.0682. The highest BCUT2D eigenvalue weighted by Crippen LogP contribution is 2.42. The number of methoxy groups -OCH3 is 2. The van der Waals surface area contributed by atoms with Gasteiger partial charge in [0, 0.05) is 58.0 Å². The zero-order chi connectivity index (χ0) is 36.9. The summed E-state index contributed by atoms with van der Waals surface area (Å²) in [6.07, 6.45) is 0.865. The van der Waals surface area contributed by atoms with Crippen molar-refractivity contribution < 1.29 is 47.8 Å². The monoisotopic (exact) mass is 702 g/mol. The van der Waals surface area contributed by atoms with Crippen molar-refractivity contribution in [3.8, 4) is 0 Å². The third-order valence-electron chi connectivity index (χ3n) is 10.4. The van der Waals surface area contributed by atoms with Crippen LogP contribution >= 0.6 is 0 Å². The molecule has 0 spiro atoms. The first-order valence-corrected chi connectivity index (χ1v) is 16.7. The molecule has 8 rings (SSSR count). The van der Waals surface area contributed by atoms with E-state index in [9.17, 15) is 38.4 Å². The van der Waals surface area contributed by atoms with Gasteiger partial charge in [0.2, 0.25) is 0 Å². The second-order valence-electron chi connectivity index (χ2n) is 13.0. The molecule has 52 heavy (non-hydrogen) atoms. The first-order chi connectivity index (χ1) is 25.0. The minimum Gasteiger partial charge on any atom is -0.383 e. The Morgan fingerprint density at radius 1 is 0.404 bits per heavy atom. The highest BCUT2D eigenvalue weighted by Gasteiger charge is 2.49. The van der Waals surface area contributed by atoms with Gasteiger partial charge in [-0.1, -0.05) is 13.8 Å². The Kier molecular flexibility index (Phi) is 7.45. The van der Waals surface area contributed by atoms with Crippen molar-refractivity contribution in [1.29, 1.82) is 0 Å². The molecule has 8 amide bonds. The molecule has 4 heterocycles. The second-order valence-corrected chi connectivity index (χ2v) is 13.0. The van der Waals surface area contributed by atoms with Crippen molar-refractivity contribution in [2.75, 3.05) is 27.4 Å². The fourth-order valence-corrected chi connectivity index (χ4v) is 7.92. The van der Waals surface area contributed by atoms with E-state index >= 15 is 0 Å². The van der Waals surface area contributed by atoms with Crippen LogP contribution in [-0.4, -0.2) is 107 Å². The van der Waals surface area contributed by atoms with Crippen LogP contribution in [0.15, 0.2) is 48.5 Å². The van der Waals surface area contributed by atoms with Gasteiger partial charge in [0.25, 0.3) is 47.3 Å². The van der Waals surface area contributed by atoms with Gasteiger partial charge in [0.05, 0.1) is 47.6 Å². The third-order valence-corrected chi connectivity index (χ3v) is 10.4. The average molecular weight is 703 g/mol. The van der Waals surface area contributed by atoms with Crippen molar-refractivity contribution in [3.05, 3.63) is 93.0 Å². The van der Waals surface area contributed by atoms with E-state index in [0.717, 1.165) is 9.80 Å². The van der Waals surface area contributed by atoms with Crippen LogP contribution in [0.1, 0.15) is 110 Å². The van der Waals surface area contributed by atoms with Gasteiger partial charge in [0.15, 0.2) is 0 Å².